The van der Waals surface area contributed by atoms with Crippen LogP contribution in [0, 0.1) is 0 Å². The quantitative estimate of drug-likeness (QED) is 0.549. The summed E-state index contributed by atoms with van der Waals surface area (Å²) >= 11 is 0. The minimum atomic E-state index is -0.748. The van der Waals surface area contributed by atoms with Crippen LogP contribution in [-0.4, -0.2) is 31.6 Å². The average Bonchev–Trinajstić information content (AvgIpc) is 2.80. The normalized spacial score (nSPS) is 11.3. The molecular formula is C25H26N2O4. The van der Waals surface area contributed by atoms with Gasteiger partial charge in [-0.15, -0.1) is 0 Å². The lowest BCUT2D eigenvalue weighted by molar-refractivity contribution is -0.122. The van der Waals surface area contributed by atoms with Gasteiger partial charge >= 0.3 is 0 Å². The van der Waals surface area contributed by atoms with Crippen LogP contribution in [0.2, 0.25) is 0 Å². The molecule has 0 fully saturated rings. The molecule has 1 atom stereocenters. The summed E-state index contributed by atoms with van der Waals surface area (Å²) in [6.07, 6.45) is -0.0176. The number of ether oxygens (including phenoxy) is 2. The molecule has 3 aromatic carbocycles. The van der Waals surface area contributed by atoms with Crippen LogP contribution in [-0.2, 0) is 11.2 Å². The van der Waals surface area contributed by atoms with Gasteiger partial charge in [-0.3, -0.25) is 9.59 Å². The van der Waals surface area contributed by atoms with Gasteiger partial charge in [-0.25, -0.2) is 0 Å². The number of amides is 2. The van der Waals surface area contributed by atoms with Crippen LogP contribution in [0.3, 0.4) is 0 Å². The lowest BCUT2D eigenvalue weighted by Gasteiger charge is -2.16. The summed E-state index contributed by atoms with van der Waals surface area (Å²) < 4.78 is 10.8. The second-order valence-corrected chi connectivity index (χ2v) is 6.96. The molecule has 0 heterocycles. The van der Waals surface area contributed by atoms with Crippen molar-refractivity contribution >= 4 is 17.5 Å². The molecule has 0 saturated carbocycles. The molecule has 3 rings (SSSR count). The van der Waals surface area contributed by atoms with E-state index in [2.05, 4.69) is 10.6 Å². The number of para-hydroxylation sites is 1. The second-order valence-electron chi connectivity index (χ2n) is 6.96. The molecule has 6 nitrogen and oxygen atoms in total. The highest BCUT2D eigenvalue weighted by Crippen LogP contribution is 2.20. The number of hydrogen-bond acceptors (Lipinski definition) is 4. The molecule has 0 aromatic heterocycles. The molecule has 1 unspecified atom stereocenters. The zero-order valence-corrected chi connectivity index (χ0v) is 17.6. The van der Waals surface area contributed by atoms with Crippen molar-refractivity contribution in [2.75, 3.05) is 19.0 Å². The topological polar surface area (TPSA) is 76.7 Å². The second kappa shape index (κ2) is 10.8. The molecule has 6 heteroatoms. The van der Waals surface area contributed by atoms with Crippen LogP contribution in [0.5, 0.6) is 11.5 Å². The van der Waals surface area contributed by atoms with E-state index in [-0.39, 0.29) is 11.8 Å². The highest BCUT2D eigenvalue weighted by Gasteiger charge is 2.18. The summed E-state index contributed by atoms with van der Waals surface area (Å²) in [5.41, 5.74) is 1.99. The fourth-order valence-electron chi connectivity index (χ4n) is 3.00. The van der Waals surface area contributed by atoms with Crippen molar-refractivity contribution in [3.05, 3.63) is 90.0 Å². The van der Waals surface area contributed by atoms with Gasteiger partial charge in [0.25, 0.3) is 11.8 Å². The Kier molecular flexibility index (Phi) is 7.65. The first-order valence-corrected chi connectivity index (χ1v) is 10.1. The summed E-state index contributed by atoms with van der Waals surface area (Å²) in [5, 5.41) is 5.70. The highest BCUT2D eigenvalue weighted by atomic mass is 16.5. The van der Waals surface area contributed by atoms with Gasteiger partial charge in [-0.2, -0.15) is 0 Å². The molecule has 0 saturated heterocycles. The van der Waals surface area contributed by atoms with E-state index < -0.39 is 6.10 Å². The van der Waals surface area contributed by atoms with Crippen LogP contribution < -0.4 is 20.1 Å². The Labute approximate surface area is 182 Å². The van der Waals surface area contributed by atoms with Gasteiger partial charge in [0.1, 0.15) is 11.5 Å². The van der Waals surface area contributed by atoms with Crippen molar-refractivity contribution in [2.45, 2.75) is 19.4 Å². The van der Waals surface area contributed by atoms with Gasteiger partial charge < -0.3 is 20.1 Å². The lowest BCUT2D eigenvalue weighted by atomic mass is 10.1. The maximum absolute atomic E-state index is 12.7. The molecule has 0 radical (unpaired) electrons. The number of hydrogen-bond donors (Lipinski definition) is 2. The Balaban J connectivity index is 1.58. The van der Waals surface area contributed by atoms with Crippen LogP contribution in [0.1, 0.15) is 22.8 Å². The summed E-state index contributed by atoms with van der Waals surface area (Å²) in [6.45, 7) is 2.16. The Bertz CT molecular complexity index is 1000. The molecule has 0 aliphatic carbocycles. The van der Waals surface area contributed by atoms with Crippen molar-refractivity contribution in [2.24, 2.45) is 0 Å². The van der Waals surface area contributed by atoms with Crippen LogP contribution in [0.15, 0.2) is 78.9 Å². The van der Waals surface area contributed by atoms with E-state index >= 15 is 0 Å². The molecule has 0 spiro atoms. The number of carbonyl (C=O) groups is 2. The van der Waals surface area contributed by atoms with Crippen molar-refractivity contribution < 1.29 is 19.1 Å². The molecule has 0 aliphatic heterocycles. The third-order valence-electron chi connectivity index (χ3n) is 4.71. The van der Waals surface area contributed by atoms with Crippen LogP contribution >= 0.6 is 0 Å². The molecule has 2 amide bonds. The molecule has 2 N–H and O–H groups in total. The smallest absolute Gasteiger partial charge is 0.265 e. The summed E-state index contributed by atoms with van der Waals surface area (Å²) in [4.78, 5) is 25.3. The van der Waals surface area contributed by atoms with Crippen molar-refractivity contribution in [1.82, 2.24) is 5.32 Å². The van der Waals surface area contributed by atoms with E-state index in [4.69, 9.17) is 9.47 Å². The maximum Gasteiger partial charge on any atom is 0.265 e. The first-order valence-electron chi connectivity index (χ1n) is 10.1. The van der Waals surface area contributed by atoms with E-state index in [1.54, 1.807) is 62.6 Å². The number of benzene rings is 3. The van der Waals surface area contributed by atoms with E-state index in [1.807, 2.05) is 30.3 Å². The largest absolute Gasteiger partial charge is 0.497 e. The van der Waals surface area contributed by atoms with Crippen molar-refractivity contribution in [3.8, 4) is 11.5 Å². The molecule has 3 aromatic rings. The van der Waals surface area contributed by atoms with Gasteiger partial charge in [0.2, 0.25) is 0 Å². The minimum absolute atomic E-state index is 0.240. The van der Waals surface area contributed by atoms with Crippen LogP contribution in [0.4, 0.5) is 5.69 Å². The lowest BCUT2D eigenvalue weighted by Crippen LogP contribution is -2.32. The number of anilines is 1. The molecule has 31 heavy (non-hydrogen) atoms. The minimum Gasteiger partial charge on any atom is -0.497 e. The maximum atomic E-state index is 12.7. The SMILES string of the molecule is COc1ccc(OC(C)C(=O)Nc2ccccc2C(=O)NCCc2ccccc2)cc1. The predicted octanol–water partition coefficient (Wildman–Crippen LogP) is 4.07. The summed E-state index contributed by atoms with van der Waals surface area (Å²) in [5.74, 6) is 0.669. The number of carbonyl (C=O) groups excluding carboxylic acids is 2. The highest BCUT2D eigenvalue weighted by molar-refractivity contribution is 6.04. The summed E-state index contributed by atoms with van der Waals surface area (Å²) in [7, 11) is 1.58. The average molecular weight is 418 g/mol. The van der Waals surface area contributed by atoms with Crippen LogP contribution in [0.25, 0.3) is 0 Å². The number of nitrogens with one attached hydrogen (secondary N) is 2. The van der Waals surface area contributed by atoms with E-state index in [0.717, 1.165) is 12.0 Å². The van der Waals surface area contributed by atoms with Gasteiger partial charge in [0, 0.05) is 6.54 Å². The van der Waals surface area contributed by atoms with E-state index in [9.17, 15) is 9.59 Å². The fraction of sp³-hybridized carbons (Fsp3) is 0.200. The molecular weight excluding hydrogens is 392 g/mol. The third-order valence-corrected chi connectivity index (χ3v) is 4.71. The Morgan fingerprint density at radius 3 is 2.23 bits per heavy atom. The van der Waals surface area contributed by atoms with Gasteiger partial charge in [0.15, 0.2) is 6.10 Å². The first kappa shape index (κ1) is 21.9. The van der Waals surface area contributed by atoms with E-state index in [1.165, 1.54) is 0 Å². The van der Waals surface area contributed by atoms with Gasteiger partial charge in [-0.05, 0) is 55.3 Å². The monoisotopic (exact) mass is 418 g/mol. The van der Waals surface area contributed by atoms with E-state index in [0.29, 0.717) is 29.3 Å². The fourth-order valence-corrected chi connectivity index (χ4v) is 3.00. The Morgan fingerprint density at radius 2 is 1.52 bits per heavy atom. The number of methoxy groups -OCH3 is 1. The first-order chi connectivity index (χ1) is 15.1. The third kappa shape index (κ3) is 6.34. The molecule has 0 bridgehead atoms. The Hall–Kier alpha value is -3.80. The molecule has 0 aliphatic rings. The van der Waals surface area contributed by atoms with Crippen molar-refractivity contribution in [3.63, 3.8) is 0 Å². The van der Waals surface area contributed by atoms with Crippen molar-refractivity contribution in [1.29, 1.82) is 0 Å². The van der Waals surface area contributed by atoms with Gasteiger partial charge in [-0.1, -0.05) is 42.5 Å². The molecule has 160 valence electrons. The predicted molar refractivity (Wildman–Crippen MR) is 121 cm³/mol. The van der Waals surface area contributed by atoms with Gasteiger partial charge in [0.05, 0.1) is 18.4 Å². The Morgan fingerprint density at radius 1 is 0.871 bits per heavy atom. The zero-order valence-electron chi connectivity index (χ0n) is 17.6. The standard InChI is InChI=1S/C25H26N2O4/c1-18(31-21-14-12-20(30-2)13-15-21)24(28)27-23-11-7-6-10-22(23)25(29)26-17-16-19-8-4-3-5-9-19/h3-15,18H,16-17H2,1-2H3,(H,26,29)(H,27,28). The summed E-state index contributed by atoms with van der Waals surface area (Å²) in [6, 6.07) is 23.8. The zero-order chi connectivity index (χ0) is 22.1. The number of rotatable bonds is 9.